The summed E-state index contributed by atoms with van der Waals surface area (Å²) in [6.07, 6.45) is 0.949. The quantitative estimate of drug-likeness (QED) is 0.535. The van der Waals surface area contributed by atoms with Crippen molar-refractivity contribution < 1.29 is 17.9 Å². The molecule has 0 atom stereocenters. The molecule has 178 valence electrons. The summed E-state index contributed by atoms with van der Waals surface area (Å²) in [5.74, 6) is 0.781. The second kappa shape index (κ2) is 10.7. The number of carbonyl (C=O) groups is 1. The summed E-state index contributed by atoms with van der Waals surface area (Å²) in [4.78, 5) is 17.2. The first kappa shape index (κ1) is 23.8. The molecule has 0 unspecified atom stereocenters. The highest BCUT2D eigenvalue weighted by atomic mass is 32.2. The molecule has 1 aliphatic rings. The van der Waals surface area contributed by atoms with Crippen LogP contribution in [-0.2, 0) is 16.4 Å². The van der Waals surface area contributed by atoms with Crippen LogP contribution >= 0.6 is 0 Å². The van der Waals surface area contributed by atoms with Crippen molar-refractivity contribution in [3.8, 4) is 5.75 Å². The number of hydrogen-bond donors (Lipinski definition) is 1. The number of amides is 1. The Labute approximate surface area is 201 Å². The first-order chi connectivity index (χ1) is 16.4. The fourth-order valence-corrected chi connectivity index (χ4v) is 4.99. The van der Waals surface area contributed by atoms with E-state index >= 15 is 0 Å². The highest BCUT2D eigenvalue weighted by Crippen LogP contribution is 2.18. The number of methoxy groups -OCH3 is 1. The van der Waals surface area contributed by atoms with Crippen molar-refractivity contribution in [2.45, 2.75) is 11.3 Å². The fourth-order valence-electron chi connectivity index (χ4n) is 3.93. The van der Waals surface area contributed by atoms with E-state index in [0.29, 0.717) is 24.3 Å². The molecule has 3 aromatic rings. The molecule has 1 aliphatic heterocycles. The summed E-state index contributed by atoms with van der Waals surface area (Å²) in [5, 5.41) is 0. The first-order valence-electron chi connectivity index (χ1n) is 11.3. The molecule has 4 rings (SSSR count). The highest BCUT2D eigenvalue weighted by molar-refractivity contribution is 7.92. The summed E-state index contributed by atoms with van der Waals surface area (Å²) in [5.41, 5.74) is 2.24. The molecule has 0 saturated carbocycles. The van der Waals surface area contributed by atoms with Gasteiger partial charge in [-0.15, -0.1) is 0 Å². The molecular formula is C26H29N3O4S. The number of rotatable bonds is 8. The van der Waals surface area contributed by atoms with Gasteiger partial charge in [0.1, 0.15) is 5.75 Å². The summed E-state index contributed by atoms with van der Waals surface area (Å²) in [7, 11) is -2.05. The normalized spacial score (nSPS) is 14.6. The maximum Gasteiger partial charge on any atom is 0.261 e. The average Bonchev–Trinajstić information content (AvgIpc) is 2.88. The molecule has 0 aromatic heterocycles. The fraction of sp³-hybridized carbons (Fsp3) is 0.269. The maximum absolute atomic E-state index is 12.9. The molecule has 0 radical (unpaired) electrons. The molecule has 0 bridgehead atoms. The summed E-state index contributed by atoms with van der Waals surface area (Å²) in [6, 6.07) is 22.9. The number of anilines is 1. The number of benzene rings is 3. The minimum Gasteiger partial charge on any atom is -0.497 e. The van der Waals surface area contributed by atoms with Gasteiger partial charge in [0.25, 0.3) is 15.9 Å². The Morgan fingerprint density at radius 3 is 2.15 bits per heavy atom. The molecular weight excluding hydrogens is 450 g/mol. The number of nitrogens with zero attached hydrogens (tertiary/aromatic N) is 2. The third kappa shape index (κ3) is 5.95. The second-order valence-corrected chi connectivity index (χ2v) is 9.91. The molecule has 34 heavy (non-hydrogen) atoms. The van der Waals surface area contributed by atoms with Crippen LogP contribution < -0.4 is 9.46 Å². The van der Waals surface area contributed by atoms with E-state index in [1.165, 1.54) is 17.7 Å². The van der Waals surface area contributed by atoms with E-state index in [4.69, 9.17) is 4.74 Å². The Hall–Kier alpha value is -3.36. The molecule has 8 heteroatoms. The predicted molar refractivity (Wildman–Crippen MR) is 133 cm³/mol. The van der Waals surface area contributed by atoms with Crippen molar-refractivity contribution >= 4 is 21.6 Å². The smallest absolute Gasteiger partial charge is 0.261 e. The number of carbonyl (C=O) groups excluding carboxylic acids is 1. The Bertz CT molecular complexity index is 1190. The zero-order valence-corrected chi connectivity index (χ0v) is 20.0. The third-order valence-electron chi connectivity index (χ3n) is 5.97. The van der Waals surface area contributed by atoms with E-state index in [0.717, 1.165) is 31.8 Å². The zero-order valence-electron chi connectivity index (χ0n) is 19.2. The van der Waals surface area contributed by atoms with Gasteiger partial charge >= 0.3 is 0 Å². The van der Waals surface area contributed by atoms with Gasteiger partial charge in [0, 0.05) is 44.0 Å². The van der Waals surface area contributed by atoms with Crippen LogP contribution in [0.1, 0.15) is 15.9 Å². The van der Waals surface area contributed by atoms with Crippen molar-refractivity contribution in [2.75, 3.05) is 44.6 Å². The number of hydrogen-bond acceptors (Lipinski definition) is 5. The van der Waals surface area contributed by atoms with Gasteiger partial charge in [-0.05, 0) is 60.5 Å². The third-order valence-corrected chi connectivity index (χ3v) is 7.37. The molecule has 1 heterocycles. The SMILES string of the molecule is COc1ccc(CCN2CCN(C(=O)c3ccc(S(=O)(=O)Nc4ccccc4)cc3)CC2)cc1. The molecule has 7 nitrogen and oxygen atoms in total. The van der Waals surface area contributed by atoms with E-state index in [1.54, 1.807) is 43.5 Å². The molecule has 1 fully saturated rings. The van der Waals surface area contributed by atoms with Crippen molar-refractivity contribution in [1.82, 2.24) is 9.80 Å². The zero-order chi connectivity index (χ0) is 24.0. The molecule has 1 N–H and O–H groups in total. The molecule has 0 aliphatic carbocycles. The molecule has 0 spiro atoms. The van der Waals surface area contributed by atoms with Crippen molar-refractivity contribution in [3.05, 3.63) is 90.0 Å². The Morgan fingerprint density at radius 2 is 1.53 bits per heavy atom. The minimum absolute atomic E-state index is 0.0743. The van der Waals surface area contributed by atoms with Crippen LogP contribution in [0.4, 0.5) is 5.69 Å². The highest BCUT2D eigenvalue weighted by Gasteiger charge is 2.23. The topological polar surface area (TPSA) is 79.0 Å². The van der Waals surface area contributed by atoms with Crippen LogP contribution in [-0.4, -0.2) is 64.0 Å². The van der Waals surface area contributed by atoms with Gasteiger partial charge in [-0.1, -0.05) is 30.3 Å². The van der Waals surface area contributed by atoms with Gasteiger partial charge < -0.3 is 9.64 Å². The lowest BCUT2D eigenvalue weighted by molar-refractivity contribution is 0.0638. The number of para-hydroxylation sites is 1. The van der Waals surface area contributed by atoms with Crippen molar-refractivity contribution in [1.29, 1.82) is 0 Å². The van der Waals surface area contributed by atoms with Crippen LogP contribution in [0.25, 0.3) is 0 Å². The lowest BCUT2D eigenvalue weighted by Gasteiger charge is -2.34. The Balaban J connectivity index is 1.29. The first-order valence-corrected chi connectivity index (χ1v) is 12.8. The van der Waals surface area contributed by atoms with Gasteiger partial charge in [0.05, 0.1) is 12.0 Å². The van der Waals surface area contributed by atoms with Crippen LogP contribution in [0.15, 0.2) is 83.8 Å². The van der Waals surface area contributed by atoms with E-state index < -0.39 is 10.0 Å². The van der Waals surface area contributed by atoms with Gasteiger partial charge in [-0.2, -0.15) is 0 Å². The van der Waals surface area contributed by atoms with Crippen LogP contribution in [0.2, 0.25) is 0 Å². The molecule has 1 saturated heterocycles. The van der Waals surface area contributed by atoms with Crippen molar-refractivity contribution in [2.24, 2.45) is 0 Å². The summed E-state index contributed by atoms with van der Waals surface area (Å²) in [6.45, 7) is 3.87. The Morgan fingerprint density at radius 1 is 0.882 bits per heavy atom. The van der Waals surface area contributed by atoms with Gasteiger partial charge in [-0.25, -0.2) is 8.42 Å². The molecule has 3 aromatic carbocycles. The maximum atomic E-state index is 12.9. The van der Waals surface area contributed by atoms with Gasteiger partial charge in [-0.3, -0.25) is 14.4 Å². The summed E-state index contributed by atoms with van der Waals surface area (Å²) >= 11 is 0. The van der Waals surface area contributed by atoms with E-state index in [-0.39, 0.29) is 10.8 Å². The van der Waals surface area contributed by atoms with E-state index in [2.05, 4.69) is 21.8 Å². The number of ether oxygens (including phenoxy) is 1. The van der Waals surface area contributed by atoms with Crippen LogP contribution in [0.3, 0.4) is 0 Å². The van der Waals surface area contributed by atoms with Gasteiger partial charge in [0.2, 0.25) is 0 Å². The number of sulfonamides is 1. The lowest BCUT2D eigenvalue weighted by Crippen LogP contribution is -2.49. The van der Waals surface area contributed by atoms with Gasteiger partial charge in [0.15, 0.2) is 0 Å². The Kier molecular flexibility index (Phi) is 7.49. The van der Waals surface area contributed by atoms with Crippen molar-refractivity contribution in [3.63, 3.8) is 0 Å². The number of nitrogens with one attached hydrogen (secondary N) is 1. The largest absolute Gasteiger partial charge is 0.497 e. The van der Waals surface area contributed by atoms with Crippen LogP contribution in [0, 0.1) is 0 Å². The minimum atomic E-state index is -3.71. The predicted octanol–water partition coefficient (Wildman–Crippen LogP) is 3.50. The second-order valence-electron chi connectivity index (χ2n) is 8.23. The molecule has 1 amide bonds. The standard InChI is InChI=1S/C26H29N3O4S/c1-33-24-11-7-21(8-12-24)15-16-28-17-19-29(20-18-28)26(30)22-9-13-25(14-10-22)34(31,32)27-23-5-3-2-4-6-23/h2-14,27H,15-20H2,1H3. The van der Waals surface area contributed by atoms with E-state index in [9.17, 15) is 13.2 Å². The van der Waals surface area contributed by atoms with Crippen LogP contribution in [0.5, 0.6) is 5.75 Å². The number of piperazine rings is 1. The average molecular weight is 480 g/mol. The lowest BCUT2D eigenvalue weighted by atomic mass is 10.1. The summed E-state index contributed by atoms with van der Waals surface area (Å²) < 4.78 is 32.9. The monoisotopic (exact) mass is 479 g/mol. The van der Waals surface area contributed by atoms with E-state index in [1.807, 2.05) is 23.1 Å².